The van der Waals surface area contributed by atoms with E-state index in [4.69, 9.17) is 4.74 Å². The molecule has 7 nitrogen and oxygen atoms in total. The Morgan fingerprint density at radius 1 is 1.29 bits per heavy atom. The fourth-order valence-electron chi connectivity index (χ4n) is 3.71. The summed E-state index contributed by atoms with van der Waals surface area (Å²) in [5, 5.41) is 2.67. The molecule has 3 rings (SSSR count). The number of piperidine rings is 1. The maximum absolute atomic E-state index is 12.7. The quantitative estimate of drug-likeness (QED) is 0.883. The highest BCUT2D eigenvalue weighted by molar-refractivity contribution is 5.90. The molecule has 3 heterocycles. The summed E-state index contributed by atoms with van der Waals surface area (Å²) in [6.45, 7) is 3.86. The maximum atomic E-state index is 12.7. The number of ether oxygens (including phenoxy) is 1. The Morgan fingerprint density at radius 3 is 2.79 bits per heavy atom. The van der Waals surface area contributed by atoms with Gasteiger partial charge >= 0.3 is 0 Å². The first-order chi connectivity index (χ1) is 11.5. The number of likely N-dealkylation sites (tertiary alicyclic amines) is 1. The van der Waals surface area contributed by atoms with Crippen LogP contribution in [0, 0.1) is 5.92 Å². The molecule has 0 saturated carbocycles. The number of carbonyl (C=O) groups excluding carboxylic acids is 2. The smallest absolute Gasteiger partial charge is 0.274 e. The fraction of sp³-hybridized carbons (Fsp3) is 0.588. The number of rotatable bonds is 4. The van der Waals surface area contributed by atoms with Gasteiger partial charge < -0.3 is 19.5 Å². The second kappa shape index (κ2) is 6.76. The molecule has 2 amide bonds. The van der Waals surface area contributed by atoms with Crippen LogP contribution in [0.3, 0.4) is 0 Å². The van der Waals surface area contributed by atoms with Crippen LogP contribution in [0.4, 0.5) is 5.69 Å². The average Bonchev–Trinajstić information content (AvgIpc) is 2.55. The molecule has 1 saturated heterocycles. The van der Waals surface area contributed by atoms with Crippen LogP contribution >= 0.6 is 0 Å². The van der Waals surface area contributed by atoms with E-state index in [2.05, 4.69) is 5.32 Å². The number of hydrogen-bond donors (Lipinski definition) is 1. The van der Waals surface area contributed by atoms with E-state index in [9.17, 15) is 14.4 Å². The number of nitrogens with one attached hydrogen (secondary N) is 1. The summed E-state index contributed by atoms with van der Waals surface area (Å²) in [5.74, 6) is 0.334. The van der Waals surface area contributed by atoms with E-state index in [-0.39, 0.29) is 35.6 Å². The minimum Gasteiger partial charge on any atom is -0.384 e. The SMILES string of the molecule is COCCC(=O)Nc1ccc2n(c1=O)C[C@@H]1C[C@H]2CN(C(C)=O)C1. The van der Waals surface area contributed by atoms with Gasteiger partial charge in [-0.05, 0) is 24.5 Å². The lowest BCUT2D eigenvalue weighted by molar-refractivity contribution is -0.131. The molecule has 2 atom stereocenters. The van der Waals surface area contributed by atoms with Crippen molar-refractivity contribution in [3.8, 4) is 0 Å². The van der Waals surface area contributed by atoms with Crippen LogP contribution in [0.1, 0.15) is 31.4 Å². The van der Waals surface area contributed by atoms with Gasteiger partial charge in [0.1, 0.15) is 5.69 Å². The van der Waals surface area contributed by atoms with Gasteiger partial charge in [0.15, 0.2) is 0 Å². The second-order valence-electron chi connectivity index (χ2n) is 6.60. The standard InChI is InChI=1S/C17H23N3O4/c1-11(21)19-8-12-7-13(10-19)15-4-3-14(17(23)20(15)9-12)18-16(22)5-6-24-2/h3-4,12-13H,5-10H2,1-2H3,(H,18,22)/t12-,13+/m1/s1. The molecule has 130 valence electrons. The maximum Gasteiger partial charge on any atom is 0.274 e. The first-order valence-corrected chi connectivity index (χ1v) is 8.27. The van der Waals surface area contributed by atoms with Crippen molar-refractivity contribution in [2.24, 2.45) is 5.92 Å². The highest BCUT2D eigenvalue weighted by Crippen LogP contribution is 2.35. The number of aromatic nitrogens is 1. The lowest BCUT2D eigenvalue weighted by Gasteiger charge is -2.42. The molecular formula is C17H23N3O4. The summed E-state index contributed by atoms with van der Waals surface area (Å²) in [6, 6.07) is 3.57. The Kier molecular flexibility index (Phi) is 4.71. The van der Waals surface area contributed by atoms with Gasteiger partial charge in [-0.2, -0.15) is 0 Å². The van der Waals surface area contributed by atoms with Gasteiger partial charge in [-0.25, -0.2) is 0 Å². The summed E-state index contributed by atoms with van der Waals surface area (Å²) in [6.07, 6.45) is 1.22. The van der Waals surface area contributed by atoms with Crippen LogP contribution in [0.25, 0.3) is 0 Å². The molecule has 2 bridgehead atoms. The Hall–Kier alpha value is -2.15. The minimum absolute atomic E-state index is 0.0857. The van der Waals surface area contributed by atoms with Crippen LogP contribution in [-0.4, -0.2) is 48.1 Å². The molecule has 24 heavy (non-hydrogen) atoms. The fourth-order valence-corrected chi connectivity index (χ4v) is 3.71. The number of methoxy groups -OCH3 is 1. The zero-order valence-corrected chi connectivity index (χ0v) is 14.1. The van der Waals surface area contributed by atoms with Crippen molar-refractivity contribution < 1.29 is 14.3 Å². The zero-order valence-electron chi connectivity index (χ0n) is 14.1. The third-order valence-corrected chi connectivity index (χ3v) is 4.86. The normalized spacial score (nSPS) is 22.0. The van der Waals surface area contributed by atoms with Gasteiger partial charge in [0, 0.05) is 45.3 Å². The molecule has 2 aliphatic rings. The molecule has 0 radical (unpaired) electrons. The molecule has 0 unspecified atom stereocenters. The molecule has 1 fully saturated rings. The Morgan fingerprint density at radius 2 is 2.08 bits per heavy atom. The highest BCUT2D eigenvalue weighted by Gasteiger charge is 2.35. The number of fused-ring (bicyclic) bond motifs is 4. The molecule has 7 heteroatoms. The Labute approximate surface area is 140 Å². The van der Waals surface area contributed by atoms with Gasteiger partial charge in [-0.3, -0.25) is 14.4 Å². The topological polar surface area (TPSA) is 80.6 Å². The van der Waals surface area contributed by atoms with E-state index in [1.807, 2.05) is 11.0 Å². The number of nitrogens with zero attached hydrogens (tertiary/aromatic N) is 2. The number of pyridine rings is 1. The lowest BCUT2D eigenvalue weighted by Crippen LogP contribution is -2.48. The molecule has 1 aromatic heterocycles. The van der Waals surface area contributed by atoms with E-state index >= 15 is 0 Å². The van der Waals surface area contributed by atoms with Crippen molar-refractivity contribution in [3.63, 3.8) is 0 Å². The summed E-state index contributed by atoms with van der Waals surface area (Å²) < 4.78 is 6.64. The van der Waals surface area contributed by atoms with Gasteiger partial charge in [-0.1, -0.05) is 0 Å². The molecule has 0 aromatic carbocycles. The van der Waals surface area contributed by atoms with Gasteiger partial charge in [0.05, 0.1) is 13.0 Å². The number of carbonyl (C=O) groups is 2. The van der Waals surface area contributed by atoms with Crippen LogP contribution in [0.2, 0.25) is 0 Å². The third kappa shape index (κ3) is 3.21. The Balaban J connectivity index is 1.83. The van der Waals surface area contributed by atoms with Crippen LogP contribution in [0.15, 0.2) is 16.9 Å². The van der Waals surface area contributed by atoms with Crippen molar-refractivity contribution in [2.45, 2.75) is 32.2 Å². The van der Waals surface area contributed by atoms with Crippen LogP contribution in [-0.2, 0) is 20.9 Å². The van der Waals surface area contributed by atoms with Crippen molar-refractivity contribution in [1.82, 2.24) is 9.47 Å². The van der Waals surface area contributed by atoms with Crippen molar-refractivity contribution in [2.75, 3.05) is 32.1 Å². The van der Waals surface area contributed by atoms with Crippen molar-refractivity contribution in [3.05, 3.63) is 28.2 Å². The highest BCUT2D eigenvalue weighted by atomic mass is 16.5. The van der Waals surface area contributed by atoms with Gasteiger partial charge in [0.2, 0.25) is 11.8 Å². The summed E-state index contributed by atoms with van der Waals surface area (Å²) >= 11 is 0. The predicted octanol–water partition coefficient (Wildman–Crippen LogP) is 0.789. The van der Waals surface area contributed by atoms with Gasteiger partial charge in [0.25, 0.3) is 5.56 Å². The second-order valence-corrected chi connectivity index (χ2v) is 6.60. The van der Waals surface area contributed by atoms with E-state index in [1.165, 1.54) is 7.11 Å². The number of hydrogen-bond acceptors (Lipinski definition) is 4. The van der Waals surface area contributed by atoms with Gasteiger partial charge in [-0.15, -0.1) is 0 Å². The van der Waals surface area contributed by atoms with Crippen molar-refractivity contribution >= 4 is 17.5 Å². The largest absolute Gasteiger partial charge is 0.384 e. The monoisotopic (exact) mass is 333 g/mol. The zero-order chi connectivity index (χ0) is 17.3. The first-order valence-electron chi connectivity index (χ1n) is 8.27. The minimum atomic E-state index is -0.228. The average molecular weight is 333 g/mol. The summed E-state index contributed by atoms with van der Waals surface area (Å²) in [7, 11) is 1.53. The van der Waals surface area contributed by atoms with E-state index in [0.717, 1.165) is 12.1 Å². The number of amides is 2. The molecular weight excluding hydrogens is 310 g/mol. The first kappa shape index (κ1) is 16.7. The van der Waals surface area contributed by atoms with E-state index in [1.54, 1.807) is 17.6 Å². The molecule has 2 aliphatic heterocycles. The summed E-state index contributed by atoms with van der Waals surface area (Å²) in [5.41, 5.74) is 1.10. The van der Waals surface area contributed by atoms with Crippen LogP contribution in [0.5, 0.6) is 0 Å². The predicted molar refractivity (Wildman–Crippen MR) is 88.9 cm³/mol. The molecule has 0 spiro atoms. The molecule has 1 N–H and O–H groups in total. The van der Waals surface area contributed by atoms with E-state index < -0.39 is 0 Å². The third-order valence-electron chi connectivity index (χ3n) is 4.86. The molecule has 0 aliphatic carbocycles. The van der Waals surface area contributed by atoms with Crippen LogP contribution < -0.4 is 10.9 Å². The lowest BCUT2D eigenvalue weighted by atomic mass is 9.83. The van der Waals surface area contributed by atoms with Crippen molar-refractivity contribution in [1.29, 1.82) is 0 Å². The molecule has 1 aromatic rings. The Bertz CT molecular complexity index is 712. The number of anilines is 1. The summed E-state index contributed by atoms with van der Waals surface area (Å²) in [4.78, 5) is 38.1. The van der Waals surface area contributed by atoms with E-state index in [0.29, 0.717) is 31.9 Å².